The molecule has 23 heavy (non-hydrogen) atoms. The zero-order chi connectivity index (χ0) is 17.0. The highest BCUT2D eigenvalue weighted by atomic mass is 32.1. The molecule has 126 valence electrons. The minimum Gasteiger partial charge on any atom is -0.388 e. The molecule has 1 amide bonds. The third-order valence-electron chi connectivity index (χ3n) is 3.72. The van der Waals surface area contributed by atoms with E-state index in [4.69, 9.17) is 0 Å². The van der Waals surface area contributed by atoms with Gasteiger partial charge in [0.05, 0.1) is 16.0 Å². The van der Waals surface area contributed by atoms with Gasteiger partial charge in [-0.25, -0.2) is 0 Å². The van der Waals surface area contributed by atoms with Crippen LogP contribution in [0.25, 0.3) is 10.6 Å². The maximum Gasteiger partial charge on any atom is 0.255 e. The number of nitrogens with one attached hydrogen (secondary N) is 1. The fourth-order valence-electron chi connectivity index (χ4n) is 2.30. The number of carbonyl (C=O) groups is 1. The second-order valence-electron chi connectivity index (χ2n) is 6.65. The standard InChI is InChI=1S/C17H25N3O2S/c1-12(2)7-8-17(3,22)11-18-16(21)13-10-20(4)19-15(13)14-6-5-9-23-14/h5-6,9-10,12,22H,7-8,11H2,1-4H3,(H,18,21). The molecule has 0 saturated carbocycles. The number of hydrogen-bond acceptors (Lipinski definition) is 4. The number of thiophene rings is 1. The highest BCUT2D eigenvalue weighted by Crippen LogP contribution is 2.26. The van der Waals surface area contributed by atoms with Crippen LogP contribution in [-0.2, 0) is 7.05 Å². The van der Waals surface area contributed by atoms with Crippen molar-refractivity contribution >= 4 is 17.2 Å². The summed E-state index contributed by atoms with van der Waals surface area (Å²) in [6, 6.07) is 3.88. The van der Waals surface area contributed by atoms with E-state index < -0.39 is 5.60 Å². The Bertz CT molecular complexity index is 645. The first-order valence-electron chi connectivity index (χ1n) is 7.86. The van der Waals surface area contributed by atoms with Crippen LogP contribution in [0.2, 0.25) is 0 Å². The molecule has 6 heteroatoms. The van der Waals surface area contributed by atoms with E-state index in [0.717, 1.165) is 11.3 Å². The van der Waals surface area contributed by atoms with Crippen LogP contribution in [0.4, 0.5) is 0 Å². The number of nitrogens with zero attached hydrogens (tertiary/aromatic N) is 2. The van der Waals surface area contributed by atoms with Crippen molar-refractivity contribution < 1.29 is 9.90 Å². The maximum absolute atomic E-state index is 12.5. The summed E-state index contributed by atoms with van der Waals surface area (Å²) in [6.45, 7) is 6.24. The van der Waals surface area contributed by atoms with Gasteiger partial charge in [0.25, 0.3) is 5.91 Å². The first-order chi connectivity index (χ1) is 10.8. The van der Waals surface area contributed by atoms with E-state index in [0.29, 0.717) is 23.6 Å². The van der Waals surface area contributed by atoms with Crippen molar-refractivity contribution in [3.05, 3.63) is 29.3 Å². The van der Waals surface area contributed by atoms with Gasteiger partial charge in [0, 0.05) is 19.8 Å². The maximum atomic E-state index is 12.5. The van der Waals surface area contributed by atoms with Gasteiger partial charge in [0.1, 0.15) is 5.69 Å². The molecule has 5 nitrogen and oxygen atoms in total. The molecule has 2 rings (SSSR count). The van der Waals surface area contributed by atoms with Crippen LogP contribution >= 0.6 is 11.3 Å². The molecule has 1 atom stereocenters. The van der Waals surface area contributed by atoms with Gasteiger partial charge in [0.2, 0.25) is 0 Å². The zero-order valence-corrected chi connectivity index (χ0v) is 15.0. The first kappa shape index (κ1) is 17.7. The summed E-state index contributed by atoms with van der Waals surface area (Å²) in [5, 5.41) is 19.6. The van der Waals surface area contributed by atoms with E-state index in [1.165, 1.54) is 0 Å². The predicted molar refractivity (Wildman–Crippen MR) is 93.6 cm³/mol. The Morgan fingerprint density at radius 3 is 2.87 bits per heavy atom. The Balaban J connectivity index is 2.04. The van der Waals surface area contributed by atoms with Crippen molar-refractivity contribution in [3.8, 4) is 10.6 Å². The molecule has 0 spiro atoms. The fourth-order valence-corrected chi connectivity index (χ4v) is 3.03. The summed E-state index contributed by atoms with van der Waals surface area (Å²) in [4.78, 5) is 13.4. The van der Waals surface area contributed by atoms with Crippen LogP contribution < -0.4 is 5.32 Å². The molecule has 0 aromatic carbocycles. The van der Waals surface area contributed by atoms with Crippen LogP contribution in [0.1, 0.15) is 44.0 Å². The molecule has 0 bridgehead atoms. The molecular formula is C17H25N3O2S. The van der Waals surface area contributed by atoms with Gasteiger partial charge in [-0.2, -0.15) is 5.10 Å². The number of carbonyl (C=O) groups excluding carboxylic acids is 1. The lowest BCUT2D eigenvalue weighted by atomic mass is 9.95. The SMILES string of the molecule is CC(C)CCC(C)(O)CNC(=O)c1cn(C)nc1-c1cccs1. The van der Waals surface area contributed by atoms with Gasteiger partial charge in [-0.05, 0) is 37.1 Å². The van der Waals surface area contributed by atoms with Crippen LogP contribution in [0.5, 0.6) is 0 Å². The number of amides is 1. The summed E-state index contributed by atoms with van der Waals surface area (Å²) in [5.74, 6) is 0.326. The van der Waals surface area contributed by atoms with Crippen molar-refractivity contribution in [2.45, 2.75) is 39.2 Å². The number of rotatable bonds is 7. The lowest BCUT2D eigenvalue weighted by molar-refractivity contribution is 0.0429. The Morgan fingerprint density at radius 2 is 2.26 bits per heavy atom. The molecule has 0 aliphatic carbocycles. The smallest absolute Gasteiger partial charge is 0.255 e. The highest BCUT2D eigenvalue weighted by Gasteiger charge is 2.24. The van der Waals surface area contributed by atoms with E-state index >= 15 is 0 Å². The molecule has 0 aliphatic heterocycles. The van der Waals surface area contributed by atoms with Crippen molar-refractivity contribution in [3.63, 3.8) is 0 Å². The Hall–Kier alpha value is -1.66. The van der Waals surface area contributed by atoms with Gasteiger partial charge >= 0.3 is 0 Å². The predicted octanol–water partition coefficient (Wildman–Crippen LogP) is 3.07. The third-order valence-corrected chi connectivity index (χ3v) is 4.59. The molecule has 0 aliphatic rings. The molecule has 2 aromatic heterocycles. The van der Waals surface area contributed by atoms with Gasteiger partial charge in [0.15, 0.2) is 0 Å². The third kappa shape index (κ3) is 4.91. The Morgan fingerprint density at radius 1 is 1.52 bits per heavy atom. The molecule has 0 saturated heterocycles. The highest BCUT2D eigenvalue weighted by molar-refractivity contribution is 7.13. The first-order valence-corrected chi connectivity index (χ1v) is 8.74. The van der Waals surface area contributed by atoms with E-state index in [2.05, 4.69) is 24.3 Å². The largest absolute Gasteiger partial charge is 0.388 e. The number of aliphatic hydroxyl groups is 1. The average molecular weight is 335 g/mol. The van der Waals surface area contributed by atoms with Gasteiger partial charge in [-0.3, -0.25) is 9.48 Å². The van der Waals surface area contributed by atoms with Gasteiger partial charge < -0.3 is 10.4 Å². The van der Waals surface area contributed by atoms with Gasteiger partial charge in [-0.15, -0.1) is 11.3 Å². The van der Waals surface area contributed by atoms with E-state index in [9.17, 15) is 9.90 Å². The van der Waals surface area contributed by atoms with Crippen molar-refractivity contribution in [1.82, 2.24) is 15.1 Å². The normalized spacial score (nSPS) is 14.0. The summed E-state index contributed by atoms with van der Waals surface area (Å²) in [7, 11) is 1.80. The average Bonchev–Trinajstić information content (AvgIpc) is 3.11. The zero-order valence-electron chi connectivity index (χ0n) is 14.2. The summed E-state index contributed by atoms with van der Waals surface area (Å²) >= 11 is 1.55. The minimum atomic E-state index is -0.898. The topological polar surface area (TPSA) is 67.2 Å². The molecule has 0 radical (unpaired) electrons. The van der Waals surface area contributed by atoms with Gasteiger partial charge in [-0.1, -0.05) is 19.9 Å². The Labute approximate surface area is 141 Å². The molecule has 1 unspecified atom stereocenters. The minimum absolute atomic E-state index is 0.202. The fraction of sp³-hybridized carbons (Fsp3) is 0.529. The van der Waals surface area contributed by atoms with Crippen LogP contribution in [0.3, 0.4) is 0 Å². The monoisotopic (exact) mass is 335 g/mol. The second kappa shape index (κ2) is 7.27. The number of aryl methyl sites for hydroxylation is 1. The van der Waals surface area contributed by atoms with Crippen molar-refractivity contribution in [2.75, 3.05) is 6.54 Å². The number of aromatic nitrogens is 2. The van der Waals surface area contributed by atoms with Crippen molar-refractivity contribution in [2.24, 2.45) is 13.0 Å². The number of hydrogen-bond donors (Lipinski definition) is 2. The van der Waals surface area contributed by atoms with E-state index in [1.807, 2.05) is 17.5 Å². The van der Waals surface area contributed by atoms with E-state index in [1.54, 1.807) is 36.2 Å². The summed E-state index contributed by atoms with van der Waals surface area (Å²) in [6.07, 6.45) is 3.30. The lowest BCUT2D eigenvalue weighted by Crippen LogP contribution is -2.40. The molecule has 2 N–H and O–H groups in total. The lowest BCUT2D eigenvalue weighted by Gasteiger charge is -2.24. The molecular weight excluding hydrogens is 310 g/mol. The van der Waals surface area contributed by atoms with E-state index in [-0.39, 0.29) is 12.5 Å². The summed E-state index contributed by atoms with van der Waals surface area (Å²) in [5.41, 5.74) is 0.321. The van der Waals surface area contributed by atoms with Crippen LogP contribution in [0.15, 0.2) is 23.7 Å². The quantitative estimate of drug-likeness (QED) is 0.817. The molecule has 0 fully saturated rings. The van der Waals surface area contributed by atoms with Crippen molar-refractivity contribution in [1.29, 1.82) is 0 Å². The second-order valence-corrected chi connectivity index (χ2v) is 7.60. The molecule has 2 heterocycles. The Kier molecular flexibility index (Phi) is 5.59. The van der Waals surface area contributed by atoms with Crippen LogP contribution in [0, 0.1) is 5.92 Å². The van der Waals surface area contributed by atoms with Crippen LogP contribution in [-0.4, -0.2) is 32.9 Å². The molecule has 2 aromatic rings. The summed E-state index contributed by atoms with van der Waals surface area (Å²) < 4.78 is 1.64.